The Morgan fingerprint density at radius 2 is 1.74 bits per heavy atom. The molecule has 0 unspecified atom stereocenters. The van der Waals surface area contributed by atoms with Crippen LogP contribution in [0.2, 0.25) is 0 Å². The molecule has 0 radical (unpaired) electrons. The fourth-order valence-corrected chi connectivity index (χ4v) is 2.69. The Morgan fingerprint density at radius 3 is 2.39 bits per heavy atom. The number of alkyl halides is 2. The van der Waals surface area contributed by atoms with Crippen molar-refractivity contribution >= 4 is 23.5 Å². The molecule has 2 aromatic rings. The van der Waals surface area contributed by atoms with Crippen LogP contribution in [-0.4, -0.2) is 37.0 Å². The molecule has 2 rings (SSSR count). The van der Waals surface area contributed by atoms with Gasteiger partial charge in [0.05, 0.1) is 5.69 Å². The standard InChI is InChI=1S/C22H24F2N2O5/c1-13(2)19(26-20(28)15-8-6-7-14(3)11-15)21(29)30-12-18(27)25-16-9-4-5-10-17(16)31-22(23)24/h4-11,13,19,22H,12H2,1-3H3,(H,25,27)(H,26,28)/t19-/m0/s1. The zero-order valence-electron chi connectivity index (χ0n) is 17.4. The number of hydrogen-bond donors (Lipinski definition) is 2. The first-order valence-electron chi connectivity index (χ1n) is 9.55. The van der Waals surface area contributed by atoms with Gasteiger partial charge in [-0.2, -0.15) is 8.78 Å². The Morgan fingerprint density at radius 1 is 1.03 bits per heavy atom. The molecule has 2 amide bonds. The van der Waals surface area contributed by atoms with Crippen LogP contribution in [0.4, 0.5) is 14.5 Å². The molecular formula is C22H24F2N2O5. The van der Waals surface area contributed by atoms with Crippen molar-refractivity contribution in [3.63, 3.8) is 0 Å². The van der Waals surface area contributed by atoms with E-state index >= 15 is 0 Å². The summed E-state index contributed by atoms with van der Waals surface area (Å²) >= 11 is 0. The molecule has 7 nitrogen and oxygen atoms in total. The maximum atomic E-state index is 12.5. The number of halogens is 2. The molecule has 31 heavy (non-hydrogen) atoms. The number of carbonyl (C=O) groups is 3. The van der Waals surface area contributed by atoms with E-state index in [1.165, 1.54) is 24.3 Å². The number of hydrogen-bond acceptors (Lipinski definition) is 5. The number of esters is 1. The second-order valence-corrected chi connectivity index (χ2v) is 7.10. The average molecular weight is 434 g/mol. The smallest absolute Gasteiger partial charge is 0.387 e. The highest BCUT2D eigenvalue weighted by atomic mass is 19.3. The van der Waals surface area contributed by atoms with Crippen molar-refractivity contribution in [1.82, 2.24) is 5.32 Å². The summed E-state index contributed by atoms with van der Waals surface area (Å²) in [6.07, 6.45) is 0. The molecular weight excluding hydrogens is 410 g/mol. The van der Waals surface area contributed by atoms with E-state index in [-0.39, 0.29) is 17.4 Å². The molecule has 0 spiro atoms. The van der Waals surface area contributed by atoms with Gasteiger partial charge in [0.25, 0.3) is 11.8 Å². The second kappa shape index (κ2) is 11.1. The highest BCUT2D eigenvalue weighted by Crippen LogP contribution is 2.25. The van der Waals surface area contributed by atoms with Gasteiger partial charge in [0.15, 0.2) is 6.61 Å². The Balaban J connectivity index is 1.96. The van der Waals surface area contributed by atoms with Crippen molar-refractivity contribution in [2.24, 2.45) is 5.92 Å². The molecule has 0 saturated carbocycles. The van der Waals surface area contributed by atoms with Crippen LogP contribution in [0.1, 0.15) is 29.8 Å². The summed E-state index contributed by atoms with van der Waals surface area (Å²) in [7, 11) is 0. The van der Waals surface area contributed by atoms with Crippen molar-refractivity contribution in [3.8, 4) is 5.75 Å². The molecule has 0 aromatic heterocycles. The van der Waals surface area contributed by atoms with Crippen LogP contribution in [0.25, 0.3) is 0 Å². The lowest BCUT2D eigenvalue weighted by Crippen LogP contribution is -2.46. The quantitative estimate of drug-likeness (QED) is 0.589. The Bertz CT molecular complexity index is 934. The van der Waals surface area contributed by atoms with Gasteiger partial charge in [-0.25, -0.2) is 4.79 Å². The maximum Gasteiger partial charge on any atom is 0.387 e. The van der Waals surface area contributed by atoms with Gasteiger partial charge in [-0.1, -0.05) is 43.7 Å². The summed E-state index contributed by atoms with van der Waals surface area (Å²) in [5, 5.41) is 4.97. The monoisotopic (exact) mass is 434 g/mol. The van der Waals surface area contributed by atoms with Crippen LogP contribution in [0, 0.1) is 12.8 Å². The van der Waals surface area contributed by atoms with Crippen LogP contribution in [0.3, 0.4) is 0 Å². The van der Waals surface area contributed by atoms with Crippen molar-refractivity contribution in [3.05, 3.63) is 59.7 Å². The van der Waals surface area contributed by atoms with Crippen LogP contribution in [-0.2, 0) is 14.3 Å². The topological polar surface area (TPSA) is 93.7 Å². The van der Waals surface area contributed by atoms with Gasteiger partial charge in [-0.3, -0.25) is 9.59 Å². The molecule has 166 valence electrons. The first-order chi connectivity index (χ1) is 14.7. The molecule has 2 N–H and O–H groups in total. The largest absolute Gasteiger partial charge is 0.454 e. The first-order valence-corrected chi connectivity index (χ1v) is 9.55. The fourth-order valence-electron chi connectivity index (χ4n) is 2.69. The normalized spacial score (nSPS) is 11.7. The summed E-state index contributed by atoms with van der Waals surface area (Å²) in [6, 6.07) is 11.5. The van der Waals surface area contributed by atoms with Gasteiger partial charge in [0, 0.05) is 5.56 Å². The van der Waals surface area contributed by atoms with Crippen LogP contribution < -0.4 is 15.4 Å². The molecule has 0 aliphatic heterocycles. The van der Waals surface area contributed by atoms with E-state index in [1.54, 1.807) is 32.0 Å². The number of carbonyl (C=O) groups excluding carboxylic acids is 3. The molecule has 9 heteroatoms. The maximum absolute atomic E-state index is 12.5. The van der Waals surface area contributed by atoms with E-state index in [1.807, 2.05) is 13.0 Å². The number of anilines is 1. The van der Waals surface area contributed by atoms with Crippen LogP contribution in [0.5, 0.6) is 5.75 Å². The molecule has 0 bridgehead atoms. The third-order valence-corrected chi connectivity index (χ3v) is 4.21. The zero-order chi connectivity index (χ0) is 23.0. The van der Waals surface area contributed by atoms with Crippen molar-refractivity contribution in [2.75, 3.05) is 11.9 Å². The Kier molecular flexibility index (Phi) is 8.48. The third kappa shape index (κ3) is 7.36. The fraction of sp³-hybridized carbons (Fsp3) is 0.318. The summed E-state index contributed by atoms with van der Waals surface area (Å²) in [4.78, 5) is 37.0. The van der Waals surface area contributed by atoms with E-state index in [9.17, 15) is 23.2 Å². The Hall–Kier alpha value is -3.49. The van der Waals surface area contributed by atoms with E-state index < -0.39 is 37.0 Å². The minimum absolute atomic E-state index is 0.0111. The molecule has 0 fully saturated rings. The number of benzene rings is 2. The predicted molar refractivity (Wildman–Crippen MR) is 110 cm³/mol. The van der Waals surface area contributed by atoms with Gasteiger partial charge in [0.1, 0.15) is 11.8 Å². The van der Waals surface area contributed by atoms with Crippen molar-refractivity contribution in [1.29, 1.82) is 0 Å². The Labute approximate surface area is 178 Å². The summed E-state index contributed by atoms with van der Waals surface area (Å²) in [5.74, 6) is -2.50. The highest BCUT2D eigenvalue weighted by Gasteiger charge is 2.27. The van der Waals surface area contributed by atoms with Gasteiger partial charge in [0.2, 0.25) is 0 Å². The lowest BCUT2D eigenvalue weighted by atomic mass is 10.0. The molecule has 2 aromatic carbocycles. The molecule has 0 aliphatic rings. The highest BCUT2D eigenvalue weighted by molar-refractivity contribution is 5.98. The number of nitrogens with one attached hydrogen (secondary N) is 2. The summed E-state index contributed by atoms with van der Waals surface area (Å²) in [6.45, 7) is 1.57. The summed E-state index contributed by atoms with van der Waals surface area (Å²) < 4.78 is 34.3. The summed E-state index contributed by atoms with van der Waals surface area (Å²) in [5.41, 5.74) is 1.30. The van der Waals surface area contributed by atoms with Gasteiger partial charge in [-0.15, -0.1) is 0 Å². The predicted octanol–water partition coefficient (Wildman–Crippen LogP) is 3.53. The van der Waals surface area contributed by atoms with E-state index in [4.69, 9.17) is 4.74 Å². The van der Waals surface area contributed by atoms with Gasteiger partial charge < -0.3 is 20.1 Å². The van der Waals surface area contributed by atoms with Gasteiger partial charge in [-0.05, 0) is 37.1 Å². The molecule has 0 saturated heterocycles. The first kappa shape index (κ1) is 23.8. The number of ether oxygens (including phenoxy) is 2. The van der Waals surface area contributed by atoms with Crippen molar-refractivity contribution < 1.29 is 32.6 Å². The van der Waals surface area contributed by atoms with E-state index in [2.05, 4.69) is 15.4 Å². The van der Waals surface area contributed by atoms with E-state index in [0.29, 0.717) is 5.56 Å². The minimum Gasteiger partial charge on any atom is -0.454 e. The lowest BCUT2D eigenvalue weighted by molar-refractivity contribution is -0.150. The number of aryl methyl sites for hydroxylation is 1. The van der Waals surface area contributed by atoms with Crippen LogP contribution in [0.15, 0.2) is 48.5 Å². The molecule has 1 atom stereocenters. The molecule has 0 heterocycles. The minimum atomic E-state index is -3.06. The third-order valence-electron chi connectivity index (χ3n) is 4.21. The zero-order valence-corrected chi connectivity index (χ0v) is 17.4. The van der Waals surface area contributed by atoms with E-state index in [0.717, 1.165) is 5.56 Å². The van der Waals surface area contributed by atoms with Crippen molar-refractivity contribution in [2.45, 2.75) is 33.4 Å². The average Bonchev–Trinajstić information content (AvgIpc) is 2.71. The van der Waals surface area contributed by atoms with Crippen LogP contribution >= 0.6 is 0 Å². The second-order valence-electron chi connectivity index (χ2n) is 7.10. The number of amides is 2. The number of para-hydroxylation sites is 2. The lowest BCUT2D eigenvalue weighted by Gasteiger charge is -2.21. The van der Waals surface area contributed by atoms with Gasteiger partial charge >= 0.3 is 12.6 Å². The number of rotatable bonds is 9. The SMILES string of the molecule is Cc1cccc(C(=O)N[C@H](C(=O)OCC(=O)Nc2ccccc2OC(F)F)C(C)C)c1. The molecule has 0 aliphatic carbocycles.